The minimum atomic E-state index is -1.15. The number of furan rings is 1. The fourth-order valence-electron chi connectivity index (χ4n) is 2.92. The van der Waals surface area contributed by atoms with Gasteiger partial charge in [-0.1, -0.05) is 23.7 Å². The second-order valence-electron chi connectivity index (χ2n) is 6.96. The third kappa shape index (κ3) is 7.48. The van der Waals surface area contributed by atoms with Gasteiger partial charge in [-0.15, -0.1) is 24.0 Å². The van der Waals surface area contributed by atoms with Crippen molar-refractivity contribution in [2.24, 2.45) is 4.99 Å². The van der Waals surface area contributed by atoms with Crippen molar-refractivity contribution in [3.05, 3.63) is 58.0 Å². The molecule has 0 aliphatic heterocycles. The standard InChI is InChI=1S/C21H29ClN4O3.HI/c1-5-23-20(26-13-21(4,28)17-12-14(2)29-15(17)3)25-11-10-24-19(27)16-8-6-7-9-18(16)22;/h6-9,12,28H,5,10-11,13H2,1-4H3,(H,24,27)(H2,23,25,26);1H. The molecule has 0 aliphatic rings. The number of hydrogen-bond acceptors (Lipinski definition) is 4. The van der Waals surface area contributed by atoms with Crippen LogP contribution in [0.15, 0.2) is 39.7 Å². The van der Waals surface area contributed by atoms with Crippen LogP contribution in [0.1, 0.15) is 41.3 Å². The van der Waals surface area contributed by atoms with Crippen LogP contribution in [-0.2, 0) is 5.60 Å². The molecule has 7 nitrogen and oxygen atoms in total. The van der Waals surface area contributed by atoms with Gasteiger partial charge in [0, 0.05) is 25.2 Å². The molecule has 166 valence electrons. The van der Waals surface area contributed by atoms with Crippen molar-refractivity contribution in [1.29, 1.82) is 0 Å². The molecule has 2 rings (SSSR count). The van der Waals surface area contributed by atoms with Gasteiger partial charge in [-0.3, -0.25) is 4.79 Å². The molecule has 0 fully saturated rings. The summed E-state index contributed by atoms with van der Waals surface area (Å²) in [5.74, 6) is 1.76. The first-order chi connectivity index (χ1) is 13.7. The summed E-state index contributed by atoms with van der Waals surface area (Å²) in [6.07, 6.45) is 0. The number of rotatable bonds is 8. The average molecular weight is 549 g/mol. The Bertz CT molecular complexity index is 868. The maximum Gasteiger partial charge on any atom is 0.252 e. The Morgan fingerprint density at radius 2 is 1.87 bits per heavy atom. The quantitative estimate of drug-likeness (QED) is 0.176. The van der Waals surface area contributed by atoms with Gasteiger partial charge in [0.15, 0.2) is 5.96 Å². The molecule has 1 aromatic heterocycles. The zero-order chi connectivity index (χ0) is 21.4. The molecule has 1 aromatic carbocycles. The van der Waals surface area contributed by atoms with Crippen LogP contribution in [0.3, 0.4) is 0 Å². The highest BCUT2D eigenvalue weighted by atomic mass is 127. The zero-order valence-corrected chi connectivity index (χ0v) is 20.8. The zero-order valence-electron chi connectivity index (χ0n) is 17.7. The number of aliphatic hydroxyl groups is 1. The van der Waals surface area contributed by atoms with Crippen molar-refractivity contribution < 1.29 is 14.3 Å². The smallest absolute Gasteiger partial charge is 0.252 e. The number of guanidine groups is 1. The van der Waals surface area contributed by atoms with E-state index in [0.29, 0.717) is 41.9 Å². The second-order valence-corrected chi connectivity index (χ2v) is 7.37. The van der Waals surface area contributed by atoms with Gasteiger partial charge in [-0.2, -0.15) is 0 Å². The van der Waals surface area contributed by atoms with Crippen LogP contribution >= 0.6 is 35.6 Å². The molecule has 0 aliphatic carbocycles. The van der Waals surface area contributed by atoms with Crippen LogP contribution in [0.25, 0.3) is 0 Å². The van der Waals surface area contributed by atoms with Crippen molar-refractivity contribution in [2.75, 3.05) is 26.2 Å². The highest BCUT2D eigenvalue weighted by Gasteiger charge is 2.27. The van der Waals surface area contributed by atoms with Crippen LogP contribution in [0.5, 0.6) is 0 Å². The summed E-state index contributed by atoms with van der Waals surface area (Å²) in [5, 5.41) is 20.3. The fraction of sp³-hybridized carbons (Fsp3) is 0.429. The summed E-state index contributed by atoms with van der Waals surface area (Å²) in [5.41, 5.74) is 0.0146. The molecule has 0 bridgehead atoms. The maximum atomic E-state index is 12.2. The van der Waals surface area contributed by atoms with Gasteiger partial charge >= 0.3 is 0 Å². The highest BCUT2D eigenvalue weighted by Crippen LogP contribution is 2.27. The van der Waals surface area contributed by atoms with Gasteiger partial charge in [0.25, 0.3) is 5.91 Å². The van der Waals surface area contributed by atoms with Gasteiger partial charge < -0.3 is 25.5 Å². The van der Waals surface area contributed by atoms with E-state index in [2.05, 4.69) is 20.9 Å². The number of aryl methyl sites for hydroxylation is 2. The van der Waals surface area contributed by atoms with Crippen molar-refractivity contribution in [1.82, 2.24) is 16.0 Å². The summed E-state index contributed by atoms with van der Waals surface area (Å²) < 4.78 is 5.51. The van der Waals surface area contributed by atoms with E-state index in [1.165, 1.54) is 0 Å². The molecule has 0 radical (unpaired) electrons. The Hall–Kier alpha value is -1.78. The van der Waals surface area contributed by atoms with E-state index in [0.717, 1.165) is 11.3 Å². The summed E-state index contributed by atoms with van der Waals surface area (Å²) in [6.45, 7) is 9.03. The molecule has 1 unspecified atom stereocenters. The van der Waals surface area contributed by atoms with Crippen LogP contribution in [-0.4, -0.2) is 43.2 Å². The van der Waals surface area contributed by atoms with E-state index in [9.17, 15) is 9.90 Å². The maximum absolute atomic E-state index is 12.2. The molecule has 2 aromatic rings. The average Bonchev–Trinajstić information content (AvgIpc) is 3.02. The Labute approximate surface area is 199 Å². The molecular formula is C21H30ClIN4O3. The summed E-state index contributed by atoms with van der Waals surface area (Å²) in [6, 6.07) is 8.73. The van der Waals surface area contributed by atoms with Crippen molar-refractivity contribution in [3.8, 4) is 0 Å². The van der Waals surface area contributed by atoms with Gasteiger partial charge in [-0.05, 0) is 45.9 Å². The van der Waals surface area contributed by atoms with E-state index < -0.39 is 5.60 Å². The molecular weight excluding hydrogens is 519 g/mol. The van der Waals surface area contributed by atoms with Gasteiger partial charge in [-0.25, -0.2) is 4.99 Å². The van der Waals surface area contributed by atoms with E-state index in [4.69, 9.17) is 16.0 Å². The lowest BCUT2D eigenvalue weighted by atomic mass is 9.96. The largest absolute Gasteiger partial charge is 0.466 e. The first kappa shape index (κ1) is 26.3. The van der Waals surface area contributed by atoms with Crippen LogP contribution in [0.4, 0.5) is 0 Å². The number of hydrogen-bond donors (Lipinski definition) is 4. The summed E-state index contributed by atoms with van der Waals surface area (Å²) >= 11 is 6.03. The van der Waals surface area contributed by atoms with Gasteiger partial charge in [0.1, 0.15) is 17.1 Å². The minimum Gasteiger partial charge on any atom is -0.466 e. The minimum absolute atomic E-state index is 0. The number of nitrogens with one attached hydrogen (secondary N) is 3. The van der Waals surface area contributed by atoms with Crippen molar-refractivity contribution in [2.45, 2.75) is 33.3 Å². The number of amides is 1. The Morgan fingerprint density at radius 3 is 2.47 bits per heavy atom. The highest BCUT2D eigenvalue weighted by molar-refractivity contribution is 14.0. The molecule has 1 amide bonds. The number of nitrogens with zero attached hydrogens (tertiary/aromatic N) is 1. The molecule has 30 heavy (non-hydrogen) atoms. The number of carbonyl (C=O) groups excluding carboxylic acids is 1. The van der Waals surface area contributed by atoms with Gasteiger partial charge in [0.05, 0.1) is 17.1 Å². The molecule has 0 saturated heterocycles. The molecule has 1 heterocycles. The number of aliphatic imine (C=N–C) groups is 1. The van der Waals surface area contributed by atoms with Crippen molar-refractivity contribution in [3.63, 3.8) is 0 Å². The van der Waals surface area contributed by atoms with Crippen LogP contribution in [0.2, 0.25) is 5.02 Å². The number of carbonyl (C=O) groups is 1. The lowest BCUT2D eigenvalue weighted by Gasteiger charge is -2.21. The number of benzene rings is 1. The third-order valence-electron chi connectivity index (χ3n) is 4.33. The number of halogens is 2. The topological polar surface area (TPSA) is 98.9 Å². The molecule has 0 saturated carbocycles. The van der Waals surface area contributed by atoms with Crippen LogP contribution < -0.4 is 16.0 Å². The first-order valence-corrected chi connectivity index (χ1v) is 9.97. The van der Waals surface area contributed by atoms with Crippen LogP contribution in [0, 0.1) is 13.8 Å². The predicted octanol–water partition coefficient (Wildman–Crippen LogP) is 3.36. The second kappa shape index (κ2) is 12.2. The molecule has 9 heteroatoms. The monoisotopic (exact) mass is 548 g/mol. The van der Waals surface area contributed by atoms with E-state index in [1.54, 1.807) is 31.2 Å². The lowest BCUT2D eigenvalue weighted by molar-refractivity contribution is 0.0657. The van der Waals surface area contributed by atoms with Gasteiger partial charge in [0.2, 0.25) is 0 Å². The molecule has 0 spiro atoms. The SMILES string of the molecule is CCNC(=NCC(C)(O)c1cc(C)oc1C)NCCNC(=O)c1ccccc1Cl.I. The Kier molecular flexibility index (Phi) is 10.6. The van der Waals surface area contributed by atoms with E-state index in [1.807, 2.05) is 26.8 Å². The third-order valence-corrected chi connectivity index (χ3v) is 4.66. The molecule has 1 atom stereocenters. The summed E-state index contributed by atoms with van der Waals surface area (Å²) in [7, 11) is 0. The first-order valence-electron chi connectivity index (χ1n) is 9.59. The van der Waals surface area contributed by atoms with Crippen molar-refractivity contribution >= 4 is 47.4 Å². The lowest BCUT2D eigenvalue weighted by Crippen LogP contribution is -2.42. The summed E-state index contributed by atoms with van der Waals surface area (Å²) in [4.78, 5) is 16.6. The Balaban J connectivity index is 0.00000450. The normalized spacial score (nSPS) is 13.2. The fourth-order valence-corrected chi connectivity index (χ4v) is 3.14. The molecule has 4 N–H and O–H groups in total. The Morgan fingerprint density at radius 1 is 1.20 bits per heavy atom. The predicted molar refractivity (Wildman–Crippen MR) is 131 cm³/mol. The van der Waals surface area contributed by atoms with E-state index >= 15 is 0 Å². The van der Waals surface area contributed by atoms with E-state index in [-0.39, 0.29) is 36.4 Å².